The molecule has 2 heterocycles. The number of pyridine rings is 1. The number of hydrogen-bond donors (Lipinski definition) is 1. The van der Waals surface area contributed by atoms with Crippen molar-refractivity contribution in [2.75, 3.05) is 13.6 Å². The molecule has 1 unspecified atom stereocenters. The molecule has 7 heteroatoms. The number of aliphatic imine (C=N–C) groups is 1. The van der Waals surface area contributed by atoms with Crippen molar-refractivity contribution in [2.45, 2.75) is 11.6 Å². The molecule has 172 valence electrons. The number of benzene rings is 3. The molecule has 0 bridgehead atoms. The molecular weight excluding hydrogens is 467 g/mol. The van der Waals surface area contributed by atoms with E-state index >= 15 is 0 Å². The summed E-state index contributed by atoms with van der Waals surface area (Å²) in [6.07, 6.45) is 1.82. The number of aromatic nitrogens is 1. The van der Waals surface area contributed by atoms with Crippen LogP contribution in [0.15, 0.2) is 82.6 Å². The van der Waals surface area contributed by atoms with Crippen LogP contribution in [0.2, 0.25) is 10.0 Å². The number of fused-ring (bicyclic) bond motifs is 1. The molecule has 0 saturated heterocycles. The van der Waals surface area contributed by atoms with Gasteiger partial charge in [0.2, 0.25) is 0 Å². The monoisotopic (exact) mass is 490 g/mol. The lowest BCUT2D eigenvalue weighted by Gasteiger charge is -2.40. The Morgan fingerprint density at radius 1 is 0.941 bits per heavy atom. The summed E-state index contributed by atoms with van der Waals surface area (Å²) in [5, 5.41) is 2.19. The number of hydrogen-bond acceptors (Lipinski definition) is 4. The minimum Gasteiger partial charge on any atom is -0.359 e. The Kier molecular flexibility index (Phi) is 5.72. The number of nitrogens with two attached hydrogens (primary N) is 1. The van der Waals surface area contributed by atoms with Crippen molar-refractivity contribution >= 4 is 40.4 Å². The van der Waals surface area contributed by atoms with Crippen LogP contribution < -0.4 is 11.3 Å². The summed E-state index contributed by atoms with van der Waals surface area (Å²) < 4.78 is 1.65. The lowest BCUT2D eigenvalue weighted by Crippen LogP contribution is -2.55. The topological polar surface area (TPSA) is 63.6 Å². The molecule has 3 aromatic carbocycles. The van der Waals surface area contributed by atoms with Gasteiger partial charge in [-0.2, -0.15) is 0 Å². The van der Waals surface area contributed by atoms with Gasteiger partial charge in [0.15, 0.2) is 0 Å². The molecule has 4 aromatic rings. The first-order valence-electron chi connectivity index (χ1n) is 11.0. The van der Waals surface area contributed by atoms with Crippen LogP contribution in [-0.4, -0.2) is 35.4 Å². The Bertz CT molecular complexity index is 1480. The van der Waals surface area contributed by atoms with E-state index in [1.54, 1.807) is 17.7 Å². The van der Waals surface area contributed by atoms with E-state index in [1.807, 2.05) is 74.0 Å². The average Bonchev–Trinajstić information content (AvgIpc) is 3.27. The summed E-state index contributed by atoms with van der Waals surface area (Å²) in [4.78, 5) is 19.3. The molecule has 1 aliphatic heterocycles. The Morgan fingerprint density at radius 3 is 2.35 bits per heavy atom. The Balaban J connectivity index is 1.79. The van der Waals surface area contributed by atoms with E-state index in [0.29, 0.717) is 16.6 Å². The number of aryl methyl sites for hydroxylation is 1. The third-order valence-corrected chi connectivity index (χ3v) is 7.23. The van der Waals surface area contributed by atoms with E-state index in [4.69, 9.17) is 28.9 Å². The highest BCUT2D eigenvalue weighted by Crippen LogP contribution is 2.38. The van der Waals surface area contributed by atoms with Crippen molar-refractivity contribution in [3.8, 4) is 11.1 Å². The highest BCUT2D eigenvalue weighted by molar-refractivity contribution is 6.31. The molecule has 34 heavy (non-hydrogen) atoms. The maximum absolute atomic E-state index is 12.8. The predicted molar refractivity (Wildman–Crippen MR) is 141 cm³/mol. The summed E-state index contributed by atoms with van der Waals surface area (Å²) in [6, 6.07) is 22.8. The van der Waals surface area contributed by atoms with Crippen LogP contribution in [0.4, 0.5) is 0 Å². The second-order valence-electron chi connectivity index (χ2n) is 8.74. The van der Waals surface area contributed by atoms with Gasteiger partial charge in [-0.05, 0) is 58.7 Å². The quantitative estimate of drug-likeness (QED) is 0.434. The number of likely N-dealkylation sites (N-methyl/N-ethyl adjacent to an activating group) is 1. The molecule has 0 fully saturated rings. The number of nitrogens with zero attached hydrogens (tertiary/aromatic N) is 3. The van der Waals surface area contributed by atoms with Gasteiger partial charge in [-0.1, -0.05) is 53.5 Å². The molecule has 1 aromatic heterocycles. The van der Waals surface area contributed by atoms with Gasteiger partial charge in [0.05, 0.1) is 30.0 Å². The van der Waals surface area contributed by atoms with E-state index < -0.39 is 5.54 Å². The summed E-state index contributed by atoms with van der Waals surface area (Å²) in [5.74, 6) is 0. The van der Waals surface area contributed by atoms with Gasteiger partial charge in [-0.15, -0.1) is 0 Å². The molecule has 0 amide bonds. The Hall–Kier alpha value is -3.12. The van der Waals surface area contributed by atoms with Crippen LogP contribution in [0.5, 0.6) is 0 Å². The van der Waals surface area contributed by atoms with Crippen LogP contribution in [0.1, 0.15) is 11.1 Å². The Morgan fingerprint density at radius 2 is 1.68 bits per heavy atom. The van der Waals surface area contributed by atoms with E-state index in [9.17, 15) is 4.79 Å². The standard InChI is InChI=1S/C27H24Cl2N4O/c1-32-16-31-15-25(32)27(30,18-6-9-20(28)10-7-18)19-8-11-24-23(13-19)22(14-26(34)33(24)2)17-4-3-5-21(29)12-17/h3-14,16,25H,15,30H2,1-2H3/t25?,27-/m0/s1. The zero-order valence-electron chi connectivity index (χ0n) is 18.9. The molecule has 0 spiro atoms. The van der Waals surface area contributed by atoms with Gasteiger partial charge in [-0.25, -0.2) is 0 Å². The van der Waals surface area contributed by atoms with Crippen molar-refractivity contribution in [1.82, 2.24) is 9.47 Å². The first kappa shape index (κ1) is 22.7. The lowest BCUT2D eigenvalue weighted by atomic mass is 9.76. The minimum absolute atomic E-state index is 0.0872. The van der Waals surface area contributed by atoms with E-state index in [-0.39, 0.29) is 11.6 Å². The van der Waals surface area contributed by atoms with E-state index in [2.05, 4.69) is 16.0 Å². The van der Waals surface area contributed by atoms with Crippen molar-refractivity contribution < 1.29 is 0 Å². The third-order valence-electron chi connectivity index (χ3n) is 6.74. The number of halogens is 2. The molecule has 0 saturated carbocycles. The van der Waals surface area contributed by atoms with Gasteiger partial charge in [0.1, 0.15) is 0 Å². The summed E-state index contributed by atoms with van der Waals surface area (Å²) in [5.41, 5.74) is 10.7. The molecule has 5 rings (SSSR count). The lowest BCUT2D eigenvalue weighted by molar-refractivity contribution is 0.284. The Labute approximate surface area is 208 Å². The maximum Gasteiger partial charge on any atom is 0.251 e. The first-order valence-corrected chi connectivity index (χ1v) is 11.7. The molecule has 1 aliphatic rings. The number of rotatable bonds is 4. The molecule has 2 N–H and O–H groups in total. The maximum atomic E-state index is 12.8. The van der Waals surface area contributed by atoms with E-state index in [0.717, 1.165) is 33.2 Å². The van der Waals surface area contributed by atoms with Crippen molar-refractivity contribution in [3.05, 3.63) is 104 Å². The first-order chi connectivity index (χ1) is 16.3. The molecule has 0 radical (unpaired) electrons. The predicted octanol–water partition coefficient (Wildman–Crippen LogP) is 5.06. The highest BCUT2D eigenvalue weighted by atomic mass is 35.5. The summed E-state index contributed by atoms with van der Waals surface area (Å²) in [7, 11) is 3.76. The van der Waals surface area contributed by atoms with Gasteiger partial charge < -0.3 is 15.2 Å². The van der Waals surface area contributed by atoms with Gasteiger partial charge in [0, 0.05) is 35.6 Å². The van der Waals surface area contributed by atoms with Crippen molar-refractivity contribution in [2.24, 2.45) is 17.8 Å². The molecular formula is C27H24Cl2N4O. The fourth-order valence-corrected chi connectivity index (χ4v) is 5.16. The molecule has 5 nitrogen and oxygen atoms in total. The van der Waals surface area contributed by atoms with Crippen LogP contribution in [0.3, 0.4) is 0 Å². The second kappa shape index (κ2) is 8.58. The molecule has 0 aliphatic carbocycles. The summed E-state index contributed by atoms with van der Waals surface area (Å²) >= 11 is 12.5. The SMILES string of the molecule is CN1C=NCC1[C@](N)(c1ccc(Cl)cc1)c1ccc2c(c1)c(-c1cccc(Cl)c1)cc(=O)n2C. The zero-order valence-corrected chi connectivity index (χ0v) is 20.4. The van der Waals surface area contributed by atoms with Crippen LogP contribution >= 0.6 is 23.2 Å². The highest BCUT2D eigenvalue weighted by Gasteiger charge is 2.42. The van der Waals surface area contributed by atoms with Crippen LogP contribution in [0.25, 0.3) is 22.0 Å². The minimum atomic E-state index is -0.871. The van der Waals surface area contributed by atoms with Gasteiger partial charge >= 0.3 is 0 Å². The second-order valence-corrected chi connectivity index (χ2v) is 9.61. The third kappa shape index (κ3) is 3.70. The normalized spacial score (nSPS) is 17.3. The largest absolute Gasteiger partial charge is 0.359 e. The summed E-state index contributed by atoms with van der Waals surface area (Å²) in [6.45, 7) is 0.572. The van der Waals surface area contributed by atoms with Gasteiger partial charge in [0.25, 0.3) is 5.56 Å². The molecule has 2 atom stereocenters. The fraction of sp³-hybridized carbons (Fsp3) is 0.185. The van der Waals surface area contributed by atoms with Crippen molar-refractivity contribution in [1.29, 1.82) is 0 Å². The van der Waals surface area contributed by atoms with Crippen molar-refractivity contribution in [3.63, 3.8) is 0 Å². The van der Waals surface area contributed by atoms with Gasteiger partial charge in [-0.3, -0.25) is 9.79 Å². The average molecular weight is 491 g/mol. The fourth-order valence-electron chi connectivity index (χ4n) is 4.84. The van der Waals surface area contributed by atoms with Crippen LogP contribution in [0, 0.1) is 0 Å². The smallest absolute Gasteiger partial charge is 0.251 e. The zero-order chi connectivity index (χ0) is 24.0. The van der Waals surface area contributed by atoms with Crippen LogP contribution in [-0.2, 0) is 12.6 Å². The van der Waals surface area contributed by atoms with E-state index in [1.165, 1.54) is 0 Å².